The quantitative estimate of drug-likeness (QED) is 0.480. The molecule has 0 bridgehead atoms. The molecular formula is C21H19F2N7O5S. The van der Waals surface area contributed by atoms with E-state index in [1.165, 1.54) is 41.7 Å². The first-order valence-electron chi connectivity index (χ1n) is 10.7. The van der Waals surface area contributed by atoms with Gasteiger partial charge < -0.3 is 9.47 Å². The number of nitrogens with one attached hydrogen (secondary N) is 2. The number of ether oxygens (including phenoxy) is 2. The largest absolute Gasteiger partial charge is 0.420 e. The van der Waals surface area contributed by atoms with Crippen molar-refractivity contribution in [1.29, 1.82) is 0 Å². The zero-order valence-corrected chi connectivity index (χ0v) is 19.6. The number of anilines is 1. The van der Waals surface area contributed by atoms with E-state index < -0.39 is 39.3 Å². The number of carbonyl (C=O) groups excluding carboxylic acids is 1. The minimum absolute atomic E-state index is 0.000343. The summed E-state index contributed by atoms with van der Waals surface area (Å²) in [6.45, 7) is -0.260. The van der Waals surface area contributed by atoms with Crippen LogP contribution < -0.4 is 18.9 Å². The molecule has 15 heteroatoms. The van der Waals surface area contributed by atoms with Crippen molar-refractivity contribution in [2.24, 2.45) is 0 Å². The molecule has 1 fully saturated rings. The third kappa shape index (κ3) is 4.15. The molecule has 0 unspecified atom stereocenters. The molecule has 1 saturated carbocycles. The summed E-state index contributed by atoms with van der Waals surface area (Å²) in [5.41, 5.74) is -0.523. The van der Waals surface area contributed by atoms with Gasteiger partial charge in [0.05, 0.1) is 24.5 Å². The van der Waals surface area contributed by atoms with Crippen LogP contribution >= 0.6 is 0 Å². The van der Waals surface area contributed by atoms with Crippen molar-refractivity contribution in [3.63, 3.8) is 0 Å². The highest BCUT2D eigenvalue weighted by atomic mass is 32.2. The number of aromatic nitrogens is 4. The van der Waals surface area contributed by atoms with Crippen molar-refractivity contribution in [1.82, 2.24) is 29.8 Å². The maximum Gasteiger partial charge on any atom is 0.416 e. The van der Waals surface area contributed by atoms with E-state index in [9.17, 15) is 13.2 Å². The number of benzene rings is 1. The van der Waals surface area contributed by atoms with Gasteiger partial charge in [-0.3, -0.25) is 9.62 Å². The van der Waals surface area contributed by atoms with E-state index in [1.807, 2.05) is 9.44 Å². The smallest absolute Gasteiger partial charge is 0.416 e. The Morgan fingerprint density at radius 3 is 2.67 bits per heavy atom. The number of hydrogen-bond acceptors (Lipinski definition) is 9. The molecule has 1 amide bonds. The van der Waals surface area contributed by atoms with Gasteiger partial charge in [0, 0.05) is 30.4 Å². The van der Waals surface area contributed by atoms with Crippen LogP contribution in [0.5, 0.6) is 17.5 Å². The van der Waals surface area contributed by atoms with Crippen molar-refractivity contribution in [3.05, 3.63) is 59.6 Å². The zero-order chi connectivity index (χ0) is 25.5. The third-order valence-corrected chi connectivity index (χ3v) is 7.11. The summed E-state index contributed by atoms with van der Waals surface area (Å²) in [5.74, 6) is -2.35. The number of pyridine rings is 1. The summed E-state index contributed by atoms with van der Waals surface area (Å²) in [7, 11) is -2.86. The molecule has 1 aromatic carbocycles. The Morgan fingerprint density at radius 1 is 1.19 bits per heavy atom. The lowest BCUT2D eigenvalue weighted by Crippen LogP contribution is -2.57. The SMILES string of the molecule is CNS(=O)(=O)Nc1nccc(CN2C(=O)Oc3cc(Oc4nccnn4)c(F)cc3C23CCC3)c1F. The molecule has 3 heterocycles. The predicted molar refractivity (Wildman–Crippen MR) is 119 cm³/mol. The molecule has 188 valence electrons. The maximum atomic E-state index is 15.1. The van der Waals surface area contributed by atoms with Crippen LogP contribution in [-0.4, -0.2) is 46.6 Å². The van der Waals surface area contributed by atoms with E-state index in [2.05, 4.69) is 20.2 Å². The van der Waals surface area contributed by atoms with Gasteiger partial charge in [-0.25, -0.2) is 28.3 Å². The lowest BCUT2D eigenvalue weighted by molar-refractivity contribution is 0.000792. The number of amides is 1. The Morgan fingerprint density at radius 2 is 2.00 bits per heavy atom. The van der Waals surface area contributed by atoms with Gasteiger partial charge in [0.2, 0.25) is 0 Å². The highest BCUT2D eigenvalue weighted by molar-refractivity contribution is 7.90. The molecule has 5 rings (SSSR count). The Kier molecular flexibility index (Phi) is 5.88. The second-order valence-corrected chi connectivity index (χ2v) is 9.71. The van der Waals surface area contributed by atoms with Crippen LogP contribution in [0.25, 0.3) is 0 Å². The Balaban J connectivity index is 1.48. The molecule has 0 atom stereocenters. The number of fused-ring (bicyclic) bond motifs is 2. The molecule has 1 spiro atoms. The average Bonchev–Trinajstić information content (AvgIpc) is 2.82. The van der Waals surface area contributed by atoms with Gasteiger partial charge in [-0.2, -0.15) is 13.5 Å². The monoisotopic (exact) mass is 519 g/mol. The molecule has 36 heavy (non-hydrogen) atoms. The summed E-state index contributed by atoms with van der Waals surface area (Å²) in [6.07, 6.45) is 4.83. The molecule has 0 radical (unpaired) electrons. The van der Waals surface area contributed by atoms with E-state index in [0.29, 0.717) is 18.4 Å². The van der Waals surface area contributed by atoms with Crippen LogP contribution in [0.2, 0.25) is 0 Å². The van der Waals surface area contributed by atoms with Crippen LogP contribution in [0.15, 0.2) is 36.8 Å². The van der Waals surface area contributed by atoms with Crippen molar-refractivity contribution in [3.8, 4) is 17.5 Å². The molecule has 0 saturated heterocycles. The van der Waals surface area contributed by atoms with Crippen LogP contribution in [0.4, 0.5) is 19.4 Å². The summed E-state index contributed by atoms with van der Waals surface area (Å²) in [4.78, 5) is 22.0. The minimum atomic E-state index is -4.02. The van der Waals surface area contributed by atoms with Crippen LogP contribution in [-0.2, 0) is 22.3 Å². The summed E-state index contributed by atoms with van der Waals surface area (Å²) < 4.78 is 68.5. The van der Waals surface area contributed by atoms with E-state index >= 15 is 8.78 Å². The third-order valence-electron chi connectivity index (χ3n) is 6.11. The van der Waals surface area contributed by atoms with Gasteiger partial charge in [0.25, 0.3) is 10.2 Å². The number of halogens is 2. The molecule has 12 nitrogen and oxygen atoms in total. The topological polar surface area (TPSA) is 149 Å². The van der Waals surface area contributed by atoms with Gasteiger partial charge >= 0.3 is 12.1 Å². The maximum absolute atomic E-state index is 15.1. The molecule has 1 aliphatic carbocycles. The second-order valence-electron chi connectivity index (χ2n) is 8.09. The standard InChI is InChI=1S/C21H19F2N7O5S/c1-24-36(32,33)29-18-17(23)12(3-6-25-18)11-30-20(31)35-15-10-16(34-19-26-7-8-27-28-19)14(22)9-13(15)21(30)4-2-5-21/h3,6-10,24H,2,4-5,11H2,1H3,(H,25,29). The van der Waals surface area contributed by atoms with Crippen LogP contribution in [0, 0.1) is 11.6 Å². The van der Waals surface area contributed by atoms with Crippen LogP contribution in [0.3, 0.4) is 0 Å². The van der Waals surface area contributed by atoms with Gasteiger partial charge in [-0.15, -0.1) is 0 Å². The molecule has 3 aromatic rings. The Bertz CT molecular complexity index is 1440. The molecule has 1 aliphatic heterocycles. The lowest BCUT2D eigenvalue weighted by Gasteiger charge is -2.52. The Hall–Kier alpha value is -3.98. The number of rotatable bonds is 7. The summed E-state index contributed by atoms with van der Waals surface area (Å²) in [5, 5.41) is 7.26. The fraction of sp³-hybridized carbons (Fsp3) is 0.286. The van der Waals surface area contributed by atoms with Gasteiger partial charge in [0.1, 0.15) is 5.75 Å². The second kappa shape index (κ2) is 8.91. The summed E-state index contributed by atoms with van der Waals surface area (Å²) >= 11 is 0. The first-order valence-corrected chi connectivity index (χ1v) is 12.2. The van der Waals surface area contributed by atoms with E-state index in [-0.39, 0.29) is 29.6 Å². The lowest BCUT2D eigenvalue weighted by atomic mass is 9.69. The summed E-state index contributed by atoms with van der Waals surface area (Å²) in [6, 6.07) is 3.60. The highest BCUT2D eigenvalue weighted by Gasteiger charge is 2.52. The van der Waals surface area contributed by atoms with Crippen LogP contribution in [0.1, 0.15) is 30.4 Å². The fourth-order valence-electron chi connectivity index (χ4n) is 4.20. The number of carbonyl (C=O) groups is 1. The number of hydrogen-bond donors (Lipinski definition) is 2. The van der Waals surface area contributed by atoms with Crippen molar-refractivity contribution in [2.45, 2.75) is 31.3 Å². The first kappa shape index (κ1) is 23.7. The number of nitrogens with zero attached hydrogens (tertiary/aromatic N) is 5. The molecular weight excluding hydrogens is 500 g/mol. The normalized spacial score (nSPS) is 16.2. The molecule has 2 aliphatic rings. The van der Waals surface area contributed by atoms with E-state index in [1.54, 1.807) is 0 Å². The first-order chi connectivity index (χ1) is 17.2. The fourth-order valence-corrected chi connectivity index (χ4v) is 4.70. The van der Waals surface area contributed by atoms with Gasteiger partial charge in [-0.1, -0.05) is 5.10 Å². The highest BCUT2D eigenvalue weighted by Crippen LogP contribution is 2.54. The zero-order valence-electron chi connectivity index (χ0n) is 18.7. The van der Waals surface area contributed by atoms with Crippen molar-refractivity contribution >= 4 is 22.1 Å². The Labute approximate surface area is 203 Å². The predicted octanol–water partition coefficient (Wildman–Crippen LogP) is 2.61. The van der Waals surface area contributed by atoms with Crippen molar-refractivity contribution < 1.29 is 31.5 Å². The van der Waals surface area contributed by atoms with Gasteiger partial charge in [0.15, 0.2) is 23.2 Å². The van der Waals surface area contributed by atoms with E-state index in [4.69, 9.17) is 9.47 Å². The van der Waals surface area contributed by atoms with Gasteiger partial charge in [-0.05, 0) is 31.4 Å². The van der Waals surface area contributed by atoms with Crippen molar-refractivity contribution in [2.75, 3.05) is 11.8 Å². The van der Waals surface area contributed by atoms with E-state index in [0.717, 1.165) is 13.5 Å². The minimum Gasteiger partial charge on any atom is -0.420 e. The molecule has 2 aromatic heterocycles. The average molecular weight is 519 g/mol. The molecule has 2 N–H and O–H groups in total.